The molecule has 0 aliphatic rings. The van der Waals surface area contributed by atoms with Gasteiger partial charge in [-0.15, -0.1) is 11.3 Å². The van der Waals surface area contributed by atoms with Gasteiger partial charge in [-0.2, -0.15) is 0 Å². The van der Waals surface area contributed by atoms with Gasteiger partial charge < -0.3 is 19.1 Å². The van der Waals surface area contributed by atoms with Crippen LogP contribution in [0.3, 0.4) is 0 Å². The van der Waals surface area contributed by atoms with Crippen LogP contribution >= 0.6 is 11.3 Å². The first-order valence-electron chi connectivity index (χ1n) is 7.90. The fourth-order valence-corrected chi connectivity index (χ4v) is 3.61. The molecular weight excluding hydrogens is 336 g/mol. The van der Waals surface area contributed by atoms with Crippen LogP contribution in [0.2, 0.25) is 0 Å². The number of methoxy groups -OCH3 is 2. The summed E-state index contributed by atoms with van der Waals surface area (Å²) in [5, 5.41) is 11.7. The summed E-state index contributed by atoms with van der Waals surface area (Å²) >= 11 is 1.55. The van der Waals surface area contributed by atoms with E-state index in [2.05, 4.69) is 21.9 Å². The molecule has 25 heavy (non-hydrogen) atoms. The van der Waals surface area contributed by atoms with Gasteiger partial charge in [0.25, 0.3) is 0 Å². The van der Waals surface area contributed by atoms with Crippen molar-refractivity contribution in [2.45, 2.75) is 13.5 Å². The first-order chi connectivity index (χ1) is 12.2. The quantitative estimate of drug-likeness (QED) is 0.746. The summed E-state index contributed by atoms with van der Waals surface area (Å²) in [7, 11) is 3.31. The van der Waals surface area contributed by atoms with Crippen molar-refractivity contribution in [3.63, 3.8) is 0 Å². The van der Waals surface area contributed by atoms with Gasteiger partial charge in [0.15, 0.2) is 4.80 Å². The monoisotopic (exact) mass is 356 g/mol. The van der Waals surface area contributed by atoms with Gasteiger partial charge in [-0.25, -0.2) is 4.99 Å². The van der Waals surface area contributed by atoms with Crippen LogP contribution < -0.4 is 14.3 Å². The average Bonchev–Trinajstić information content (AvgIpc) is 3.03. The van der Waals surface area contributed by atoms with Gasteiger partial charge in [0, 0.05) is 23.6 Å². The topological polar surface area (TPSA) is 56.0 Å². The molecule has 1 heterocycles. The highest BCUT2D eigenvalue weighted by Crippen LogP contribution is 2.33. The predicted octanol–water partition coefficient (Wildman–Crippen LogP) is 4.19. The zero-order chi connectivity index (χ0) is 17.8. The van der Waals surface area contributed by atoms with Gasteiger partial charge in [0.2, 0.25) is 0 Å². The average molecular weight is 356 g/mol. The van der Waals surface area contributed by atoms with Crippen molar-refractivity contribution >= 4 is 17.0 Å². The van der Waals surface area contributed by atoms with E-state index in [4.69, 9.17) is 9.47 Å². The van der Waals surface area contributed by atoms with Gasteiger partial charge >= 0.3 is 0 Å². The molecule has 1 aromatic heterocycles. The van der Waals surface area contributed by atoms with Crippen LogP contribution in [-0.4, -0.2) is 23.9 Å². The lowest BCUT2D eigenvalue weighted by Crippen LogP contribution is -2.14. The Bertz CT molecular complexity index is 944. The molecular formula is C19H20N2O3S. The zero-order valence-electron chi connectivity index (χ0n) is 14.4. The number of phenolic OH excluding ortho intramolecular Hbond substituents is 1. The number of aromatic hydroxyl groups is 1. The molecule has 0 spiro atoms. The number of thiazole rings is 1. The molecule has 0 fully saturated rings. The normalized spacial score (nSPS) is 11.6. The van der Waals surface area contributed by atoms with E-state index in [1.165, 1.54) is 0 Å². The third-order valence-electron chi connectivity index (χ3n) is 3.85. The van der Waals surface area contributed by atoms with E-state index in [1.807, 2.05) is 24.3 Å². The van der Waals surface area contributed by atoms with E-state index in [-0.39, 0.29) is 5.75 Å². The van der Waals surface area contributed by atoms with Crippen molar-refractivity contribution in [1.29, 1.82) is 0 Å². The number of ether oxygens (including phenoxy) is 2. The zero-order valence-corrected chi connectivity index (χ0v) is 15.2. The van der Waals surface area contributed by atoms with Crippen LogP contribution in [0.5, 0.6) is 17.2 Å². The van der Waals surface area contributed by atoms with Crippen LogP contribution in [0.4, 0.5) is 5.69 Å². The summed E-state index contributed by atoms with van der Waals surface area (Å²) in [6.45, 7) is 2.83. The van der Waals surface area contributed by atoms with Crippen LogP contribution in [0.15, 0.2) is 52.8 Å². The molecule has 130 valence electrons. The van der Waals surface area contributed by atoms with Crippen molar-refractivity contribution in [3.05, 3.63) is 52.6 Å². The summed E-state index contributed by atoms with van der Waals surface area (Å²) in [6.07, 6.45) is 0. The summed E-state index contributed by atoms with van der Waals surface area (Å²) < 4.78 is 13.0. The third kappa shape index (κ3) is 3.53. The van der Waals surface area contributed by atoms with E-state index >= 15 is 0 Å². The maximum Gasteiger partial charge on any atom is 0.190 e. The van der Waals surface area contributed by atoms with Crippen molar-refractivity contribution in [2.24, 2.45) is 4.99 Å². The number of phenols is 1. The first-order valence-corrected chi connectivity index (χ1v) is 8.78. The molecule has 5 nitrogen and oxygen atoms in total. The summed E-state index contributed by atoms with van der Waals surface area (Å²) in [6, 6.07) is 12.7. The van der Waals surface area contributed by atoms with Gasteiger partial charge in [-0.3, -0.25) is 0 Å². The van der Waals surface area contributed by atoms with E-state index in [1.54, 1.807) is 43.8 Å². The van der Waals surface area contributed by atoms with E-state index in [9.17, 15) is 5.11 Å². The highest BCUT2D eigenvalue weighted by molar-refractivity contribution is 7.07. The first kappa shape index (κ1) is 17.1. The SMILES string of the molecule is CCn1c(-c2cc(OC)ccc2OC)csc1=Nc1cccc(O)c1. The Morgan fingerprint density at radius 3 is 2.64 bits per heavy atom. The van der Waals surface area contributed by atoms with Gasteiger partial charge in [0.1, 0.15) is 17.2 Å². The molecule has 1 N–H and O–H groups in total. The highest BCUT2D eigenvalue weighted by atomic mass is 32.1. The number of rotatable bonds is 5. The van der Waals surface area contributed by atoms with Crippen molar-refractivity contribution in [2.75, 3.05) is 14.2 Å². The van der Waals surface area contributed by atoms with E-state index < -0.39 is 0 Å². The fourth-order valence-electron chi connectivity index (χ4n) is 2.63. The fraction of sp³-hybridized carbons (Fsp3) is 0.211. The Hall–Kier alpha value is -2.73. The van der Waals surface area contributed by atoms with Crippen LogP contribution in [0.25, 0.3) is 11.3 Å². The Balaban J connectivity index is 2.16. The summed E-state index contributed by atoms with van der Waals surface area (Å²) in [5.74, 6) is 1.76. The third-order valence-corrected chi connectivity index (χ3v) is 4.71. The molecule has 6 heteroatoms. The number of hydrogen-bond donors (Lipinski definition) is 1. The molecule has 0 atom stereocenters. The second-order valence-corrected chi connectivity index (χ2v) is 6.18. The Labute approximate surface area is 150 Å². The second kappa shape index (κ2) is 7.44. The van der Waals surface area contributed by atoms with Crippen molar-refractivity contribution in [3.8, 4) is 28.5 Å². The molecule has 0 unspecified atom stereocenters. The minimum absolute atomic E-state index is 0.204. The van der Waals surface area contributed by atoms with Crippen molar-refractivity contribution < 1.29 is 14.6 Å². The summed E-state index contributed by atoms with van der Waals surface area (Å²) in [4.78, 5) is 5.52. The van der Waals surface area contributed by atoms with Crippen LogP contribution in [-0.2, 0) is 6.54 Å². The maximum atomic E-state index is 9.63. The van der Waals surface area contributed by atoms with Gasteiger partial charge in [-0.05, 0) is 37.3 Å². The van der Waals surface area contributed by atoms with Gasteiger partial charge in [0.05, 0.1) is 25.6 Å². The van der Waals surface area contributed by atoms with Crippen LogP contribution in [0, 0.1) is 0 Å². The largest absolute Gasteiger partial charge is 0.508 e. The minimum Gasteiger partial charge on any atom is -0.508 e. The predicted molar refractivity (Wildman–Crippen MR) is 99.9 cm³/mol. The molecule has 3 aromatic rings. The standard InChI is InChI=1S/C19H20N2O3S/c1-4-21-17(16-11-15(23-2)8-9-18(16)24-3)12-25-19(21)20-13-6-5-7-14(22)10-13/h5-12,22H,4H2,1-3H3. The highest BCUT2D eigenvalue weighted by Gasteiger charge is 2.13. The molecule has 2 aromatic carbocycles. The summed E-state index contributed by atoms with van der Waals surface area (Å²) in [5.41, 5.74) is 2.69. The van der Waals surface area contributed by atoms with E-state index in [0.29, 0.717) is 5.69 Å². The molecule has 0 saturated carbocycles. The lowest BCUT2D eigenvalue weighted by molar-refractivity contribution is 0.404. The molecule has 3 rings (SSSR count). The maximum absolute atomic E-state index is 9.63. The lowest BCUT2D eigenvalue weighted by atomic mass is 10.1. The smallest absolute Gasteiger partial charge is 0.190 e. The Kier molecular flexibility index (Phi) is 5.09. The molecule has 0 saturated heterocycles. The Morgan fingerprint density at radius 1 is 1.12 bits per heavy atom. The number of nitrogens with zero attached hydrogens (tertiary/aromatic N) is 2. The van der Waals surface area contributed by atoms with Gasteiger partial charge in [-0.1, -0.05) is 6.07 Å². The molecule has 0 bridgehead atoms. The lowest BCUT2D eigenvalue weighted by Gasteiger charge is -2.12. The molecule has 0 aliphatic carbocycles. The van der Waals surface area contributed by atoms with Crippen molar-refractivity contribution in [1.82, 2.24) is 4.57 Å². The molecule has 0 radical (unpaired) electrons. The molecule has 0 amide bonds. The number of benzene rings is 2. The molecule has 0 aliphatic heterocycles. The minimum atomic E-state index is 0.204. The number of hydrogen-bond acceptors (Lipinski definition) is 5. The number of aromatic nitrogens is 1. The second-order valence-electron chi connectivity index (χ2n) is 5.35. The van der Waals surface area contributed by atoms with Crippen LogP contribution in [0.1, 0.15) is 6.92 Å². The van der Waals surface area contributed by atoms with E-state index in [0.717, 1.165) is 34.1 Å². The Morgan fingerprint density at radius 2 is 1.96 bits per heavy atom.